The van der Waals surface area contributed by atoms with Gasteiger partial charge in [-0.2, -0.15) is 0 Å². The fourth-order valence-electron chi connectivity index (χ4n) is 3.04. The maximum Gasteiger partial charge on any atom is 0.410 e. The van der Waals surface area contributed by atoms with Gasteiger partial charge in [-0.05, 0) is 26.3 Å². The topological polar surface area (TPSA) is 38.8 Å². The zero-order chi connectivity index (χ0) is 14.4. The molecule has 2 fully saturated rings. The third-order valence-corrected chi connectivity index (χ3v) is 3.91. The highest BCUT2D eigenvalue weighted by atomic mass is 16.6. The second-order valence-electron chi connectivity index (χ2n) is 6.64. The summed E-state index contributed by atoms with van der Waals surface area (Å²) in [7, 11) is 0. The average molecular weight is 275 g/mol. The molecule has 4 nitrogen and oxygen atoms in total. The summed E-state index contributed by atoms with van der Waals surface area (Å²) in [6, 6.07) is 10.3. The highest BCUT2D eigenvalue weighted by Crippen LogP contribution is 2.45. The molecule has 1 aromatic carbocycles. The molecule has 0 spiro atoms. The summed E-state index contributed by atoms with van der Waals surface area (Å²) >= 11 is 0. The molecule has 0 aromatic heterocycles. The van der Waals surface area contributed by atoms with E-state index in [4.69, 9.17) is 9.47 Å². The summed E-state index contributed by atoms with van der Waals surface area (Å²) in [5, 5.41) is 0. The fraction of sp³-hybridized carbons (Fsp3) is 0.562. The van der Waals surface area contributed by atoms with Crippen molar-refractivity contribution in [3.8, 4) is 0 Å². The molecule has 2 aliphatic rings. The Labute approximate surface area is 119 Å². The fourth-order valence-corrected chi connectivity index (χ4v) is 3.04. The van der Waals surface area contributed by atoms with Gasteiger partial charge in [0.2, 0.25) is 0 Å². The Kier molecular flexibility index (Phi) is 3.01. The molecule has 2 saturated heterocycles. The van der Waals surface area contributed by atoms with Crippen molar-refractivity contribution in [3.63, 3.8) is 0 Å². The molecule has 108 valence electrons. The molecule has 1 amide bonds. The molecule has 2 atom stereocenters. The number of nitrogens with zero attached hydrogens (tertiary/aromatic N) is 1. The summed E-state index contributed by atoms with van der Waals surface area (Å²) in [5.41, 5.74) is 0.344. The van der Waals surface area contributed by atoms with E-state index >= 15 is 0 Å². The molecule has 0 radical (unpaired) electrons. The van der Waals surface area contributed by atoms with Crippen LogP contribution in [-0.4, -0.2) is 35.8 Å². The second-order valence-corrected chi connectivity index (χ2v) is 6.64. The molecule has 0 N–H and O–H groups in total. The van der Waals surface area contributed by atoms with E-state index in [0.717, 1.165) is 12.0 Å². The summed E-state index contributed by atoms with van der Waals surface area (Å²) in [4.78, 5) is 14.1. The lowest BCUT2D eigenvalue weighted by Gasteiger charge is -2.34. The third-order valence-electron chi connectivity index (χ3n) is 3.91. The minimum atomic E-state index is -0.459. The summed E-state index contributed by atoms with van der Waals surface area (Å²) in [5.74, 6) is 0. The Morgan fingerprint density at radius 3 is 2.70 bits per heavy atom. The standard InChI is InChI=1S/C16H21NO3/c1-15(2,3)20-14(18)17-11-16(9-13(17)10-19-16)12-7-5-4-6-8-12/h4-8,13H,9-11H2,1-3H3/t13-,16?/m0/s1. The molecular formula is C16H21NO3. The van der Waals surface area contributed by atoms with Crippen LogP contribution >= 0.6 is 0 Å². The van der Waals surface area contributed by atoms with Crippen molar-refractivity contribution in [3.05, 3.63) is 35.9 Å². The Balaban J connectivity index is 1.79. The molecule has 20 heavy (non-hydrogen) atoms. The SMILES string of the molecule is CC(C)(C)OC(=O)N1CC2(c3ccccc3)C[C@H]1CO2. The van der Waals surface area contributed by atoms with E-state index < -0.39 is 5.60 Å². The first-order valence-electron chi connectivity index (χ1n) is 7.09. The van der Waals surface area contributed by atoms with Crippen molar-refractivity contribution in [2.24, 2.45) is 0 Å². The Hall–Kier alpha value is -1.55. The van der Waals surface area contributed by atoms with E-state index in [2.05, 4.69) is 12.1 Å². The number of hydrogen-bond acceptors (Lipinski definition) is 3. The normalized spacial score (nSPS) is 28.8. The minimum absolute atomic E-state index is 0.130. The van der Waals surface area contributed by atoms with Crippen LogP contribution in [0.2, 0.25) is 0 Å². The number of fused-ring (bicyclic) bond motifs is 2. The van der Waals surface area contributed by atoms with E-state index in [1.807, 2.05) is 43.9 Å². The number of ether oxygens (including phenoxy) is 2. The molecule has 0 saturated carbocycles. The van der Waals surface area contributed by atoms with E-state index in [9.17, 15) is 4.79 Å². The average Bonchev–Trinajstić information content (AvgIpc) is 2.97. The molecular weight excluding hydrogens is 254 g/mol. The summed E-state index contributed by atoms with van der Waals surface area (Å²) in [6.07, 6.45) is 0.625. The lowest BCUT2D eigenvalue weighted by Crippen LogP contribution is -2.46. The Morgan fingerprint density at radius 1 is 1.35 bits per heavy atom. The molecule has 2 aliphatic heterocycles. The monoisotopic (exact) mass is 275 g/mol. The van der Waals surface area contributed by atoms with Gasteiger partial charge in [0.15, 0.2) is 0 Å². The van der Waals surface area contributed by atoms with Crippen molar-refractivity contribution in [1.82, 2.24) is 4.90 Å². The van der Waals surface area contributed by atoms with Gasteiger partial charge in [0.05, 0.1) is 19.2 Å². The van der Waals surface area contributed by atoms with Crippen LogP contribution < -0.4 is 0 Å². The van der Waals surface area contributed by atoms with Crippen LogP contribution in [0, 0.1) is 0 Å². The summed E-state index contributed by atoms with van der Waals surface area (Å²) < 4.78 is 11.5. The van der Waals surface area contributed by atoms with Crippen LogP contribution in [0.5, 0.6) is 0 Å². The van der Waals surface area contributed by atoms with E-state index in [1.165, 1.54) is 0 Å². The zero-order valence-corrected chi connectivity index (χ0v) is 12.3. The smallest absolute Gasteiger partial charge is 0.410 e. The van der Waals surface area contributed by atoms with E-state index in [1.54, 1.807) is 0 Å². The van der Waals surface area contributed by atoms with Gasteiger partial charge in [-0.25, -0.2) is 4.79 Å². The number of carbonyl (C=O) groups excluding carboxylic acids is 1. The first-order chi connectivity index (χ1) is 9.40. The molecule has 1 unspecified atom stereocenters. The number of benzene rings is 1. The minimum Gasteiger partial charge on any atom is -0.444 e. The number of likely N-dealkylation sites (tertiary alicyclic amines) is 1. The van der Waals surface area contributed by atoms with Crippen molar-refractivity contribution < 1.29 is 14.3 Å². The number of morpholine rings is 1. The van der Waals surface area contributed by atoms with Crippen molar-refractivity contribution in [1.29, 1.82) is 0 Å². The number of carbonyl (C=O) groups is 1. The van der Waals surface area contributed by atoms with E-state index in [0.29, 0.717) is 13.2 Å². The first-order valence-corrected chi connectivity index (χ1v) is 7.09. The van der Waals surface area contributed by atoms with Crippen LogP contribution in [0.3, 0.4) is 0 Å². The number of amides is 1. The maximum absolute atomic E-state index is 12.3. The first kappa shape index (κ1) is 13.4. The van der Waals surface area contributed by atoms with Gasteiger partial charge in [0.25, 0.3) is 0 Å². The predicted molar refractivity (Wildman–Crippen MR) is 75.4 cm³/mol. The largest absolute Gasteiger partial charge is 0.444 e. The molecule has 2 heterocycles. The molecule has 1 aromatic rings. The van der Waals surface area contributed by atoms with Crippen LogP contribution in [-0.2, 0) is 15.1 Å². The molecule has 4 heteroatoms. The van der Waals surface area contributed by atoms with Gasteiger partial charge in [-0.15, -0.1) is 0 Å². The highest BCUT2D eigenvalue weighted by Gasteiger charge is 2.54. The van der Waals surface area contributed by atoms with Gasteiger partial charge in [0.1, 0.15) is 11.2 Å². The summed E-state index contributed by atoms with van der Waals surface area (Å²) in [6.45, 7) is 6.85. The molecule has 0 aliphatic carbocycles. The van der Waals surface area contributed by atoms with Crippen molar-refractivity contribution in [2.75, 3.05) is 13.2 Å². The van der Waals surface area contributed by atoms with Gasteiger partial charge in [-0.1, -0.05) is 30.3 Å². The van der Waals surface area contributed by atoms with E-state index in [-0.39, 0.29) is 17.7 Å². The molecule has 2 bridgehead atoms. The highest BCUT2D eigenvalue weighted by molar-refractivity contribution is 5.69. The second kappa shape index (κ2) is 4.48. The third kappa shape index (κ3) is 2.29. The Morgan fingerprint density at radius 2 is 2.05 bits per heavy atom. The number of rotatable bonds is 1. The Bertz CT molecular complexity index is 508. The van der Waals surface area contributed by atoms with Crippen molar-refractivity contribution >= 4 is 6.09 Å². The van der Waals surface area contributed by atoms with Crippen LogP contribution in [0.4, 0.5) is 4.79 Å². The van der Waals surface area contributed by atoms with Gasteiger partial charge >= 0.3 is 6.09 Å². The quantitative estimate of drug-likeness (QED) is 0.791. The maximum atomic E-state index is 12.3. The van der Waals surface area contributed by atoms with Gasteiger partial charge in [-0.3, -0.25) is 4.90 Å². The lowest BCUT2D eigenvalue weighted by molar-refractivity contribution is -0.0558. The predicted octanol–water partition coefficient (Wildman–Crippen LogP) is 2.92. The van der Waals surface area contributed by atoms with Crippen LogP contribution in [0.25, 0.3) is 0 Å². The van der Waals surface area contributed by atoms with Crippen molar-refractivity contribution in [2.45, 2.75) is 44.4 Å². The van der Waals surface area contributed by atoms with Crippen LogP contribution in [0.1, 0.15) is 32.8 Å². The molecule has 3 rings (SSSR count). The van der Waals surface area contributed by atoms with Gasteiger partial charge in [0, 0.05) is 6.42 Å². The van der Waals surface area contributed by atoms with Crippen LogP contribution in [0.15, 0.2) is 30.3 Å². The number of hydrogen-bond donors (Lipinski definition) is 0. The lowest BCUT2D eigenvalue weighted by atomic mass is 9.93. The van der Waals surface area contributed by atoms with Gasteiger partial charge < -0.3 is 9.47 Å². The zero-order valence-electron chi connectivity index (χ0n) is 12.3.